The van der Waals surface area contributed by atoms with Crippen molar-refractivity contribution in [2.75, 3.05) is 11.9 Å². The van der Waals surface area contributed by atoms with Crippen LogP contribution < -0.4 is 10.1 Å². The quantitative estimate of drug-likeness (QED) is 0.775. The first kappa shape index (κ1) is 9.98. The number of amides is 1. The molecular formula is C11H13NO3. The number of fused-ring (bicyclic) bond motifs is 1. The third-order valence-electron chi connectivity index (χ3n) is 2.19. The van der Waals surface area contributed by atoms with E-state index in [0.29, 0.717) is 12.2 Å². The molecule has 1 atom stereocenters. The van der Waals surface area contributed by atoms with Crippen molar-refractivity contribution in [3.63, 3.8) is 0 Å². The second-order valence-electron chi connectivity index (χ2n) is 3.70. The molecule has 80 valence electrons. The van der Waals surface area contributed by atoms with E-state index in [-0.39, 0.29) is 12.5 Å². The molecule has 0 fully saturated rings. The number of anilines is 1. The first-order valence-corrected chi connectivity index (χ1v) is 4.89. The third-order valence-corrected chi connectivity index (χ3v) is 2.19. The monoisotopic (exact) mass is 207 g/mol. The molecule has 4 nitrogen and oxygen atoms in total. The molecule has 0 aliphatic carbocycles. The van der Waals surface area contributed by atoms with Crippen LogP contribution in [-0.4, -0.2) is 23.7 Å². The Morgan fingerprint density at radius 1 is 1.60 bits per heavy atom. The Morgan fingerprint density at radius 2 is 2.40 bits per heavy atom. The summed E-state index contributed by atoms with van der Waals surface area (Å²) in [6, 6.07) is 5.43. The number of rotatable bonds is 3. The predicted octanol–water partition coefficient (Wildman–Crippen LogP) is 0.941. The minimum absolute atomic E-state index is 0.0117. The average Bonchev–Trinajstić information content (AvgIpc) is 2.53. The topological polar surface area (TPSA) is 58.6 Å². The predicted molar refractivity (Wildman–Crippen MR) is 56.0 cm³/mol. The average molecular weight is 207 g/mol. The summed E-state index contributed by atoms with van der Waals surface area (Å²) in [5.74, 6) is 0.698. The van der Waals surface area contributed by atoms with Crippen LogP contribution in [0.4, 0.5) is 5.69 Å². The van der Waals surface area contributed by atoms with E-state index < -0.39 is 6.10 Å². The standard InChI is InChI=1S/C11H13NO3/c1-7(13)6-15-9-2-3-10-8(4-9)5-11(14)12-10/h2-4,7,13H,5-6H2,1H3,(H,12,14). The number of benzene rings is 1. The van der Waals surface area contributed by atoms with Gasteiger partial charge >= 0.3 is 0 Å². The highest BCUT2D eigenvalue weighted by atomic mass is 16.5. The molecule has 0 radical (unpaired) electrons. The smallest absolute Gasteiger partial charge is 0.228 e. The van der Waals surface area contributed by atoms with Crippen LogP contribution in [0, 0.1) is 0 Å². The van der Waals surface area contributed by atoms with Gasteiger partial charge in [0, 0.05) is 5.69 Å². The Morgan fingerprint density at radius 3 is 3.13 bits per heavy atom. The van der Waals surface area contributed by atoms with Gasteiger partial charge in [-0.3, -0.25) is 4.79 Å². The molecular weight excluding hydrogens is 194 g/mol. The fourth-order valence-corrected chi connectivity index (χ4v) is 1.51. The fraction of sp³-hybridized carbons (Fsp3) is 0.364. The van der Waals surface area contributed by atoms with Gasteiger partial charge in [-0.1, -0.05) is 0 Å². The van der Waals surface area contributed by atoms with Crippen molar-refractivity contribution in [1.29, 1.82) is 0 Å². The summed E-state index contributed by atoms with van der Waals surface area (Å²) in [5, 5.41) is 11.8. The van der Waals surface area contributed by atoms with Gasteiger partial charge in [0.15, 0.2) is 0 Å². The van der Waals surface area contributed by atoms with Crippen molar-refractivity contribution in [2.45, 2.75) is 19.4 Å². The maximum Gasteiger partial charge on any atom is 0.228 e. The summed E-state index contributed by atoms with van der Waals surface area (Å²) in [6.45, 7) is 1.93. The van der Waals surface area contributed by atoms with Gasteiger partial charge < -0.3 is 15.2 Å². The summed E-state index contributed by atoms with van der Waals surface area (Å²) in [4.78, 5) is 11.1. The van der Waals surface area contributed by atoms with Crippen molar-refractivity contribution in [2.24, 2.45) is 0 Å². The molecule has 1 aromatic rings. The molecule has 2 N–H and O–H groups in total. The summed E-state index contributed by atoms with van der Waals surface area (Å²) < 4.78 is 5.34. The molecule has 0 bridgehead atoms. The molecule has 15 heavy (non-hydrogen) atoms. The van der Waals surface area contributed by atoms with E-state index in [0.717, 1.165) is 11.3 Å². The zero-order valence-corrected chi connectivity index (χ0v) is 8.49. The summed E-state index contributed by atoms with van der Waals surface area (Å²) in [5.41, 5.74) is 1.80. The number of aliphatic hydroxyl groups is 1. The molecule has 1 amide bonds. The van der Waals surface area contributed by atoms with Gasteiger partial charge in [-0.15, -0.1) is 0 Å². The number of hydrogen-bond donors (Lipinski definition) is 2. The van der Waals surface area contributed by atoms with Crippen molar-refractivity contribution < 1.29 is 14.6 Å². The highest BCUT2D eigenvalue weighted by Gasteiger charge is 2.17. The molecule has 1 aliphatic rings. The van der Waals surface area contributed by atoms with Gasteiger partial charge in [-0.2, -0.15) is 0 Å². The Bertz CT molecular complexity index is 387. The summed E-state index contributed by atoms with van der Waals surface area (Å²) >= 11 is 0. The number of carbonyl (C=O) groups is 1. The lowest BCUT2D eigenvalue weighted by Gasteiger charge is -2.08. The van der Waals surface area contributed by atoms with Crippen LogP contribution in [0.1, 0.15) is 12.5 Å². The molecule has 2 rings (SSSR count). The van der Waals surface area contributed by atoms with Crippen LogP contribution in [0.2, 0.25) is 0 Å². The maximum atomic E-state index is 11.1. The van der Waals surface area contributed by atoms with Gasteiger partial charge in [-0.05, 0) is 30.7 Å². The SMILES string of the molecule is CC(O)COc1ccc2c(c1)CC(=O)N2. The number of ether oxygens (including phenoxy) is 1. The maximum absolute atomic E-state index is 11.1. The van der Waals surface area contributed by atoms with E-state index in [2.05, 4.69) is 5.32 Å². The summed E-state index contributed by atoms with van der Waals surface area (Å²) in [7, 11) is 0. The number of hydrogen-bond acceptors (Lipinski definition) is 3. The molecule has 0 saturated heterocycles. The minimum Gasteiger partial charge on any atom is -0.491 e. The lowest BCUT2D eigenvalue weighted by atomic mass is 10.1. The van der Waals surface area contributed by atoms with Crippen LogP contribution >= 0.6 is 0 Å². The van der Waals surface area contributed by atoms with Crippen molar-refractivity contribution in [3.8, 4) is 5.75 Å². The Balaban J connectivity index is 2.09. The second kappa shape index (κ2) is 3.90. The van der Waals surface area contributed by atoms with E-state index in [1.807, 2.05) is 12.1 Å². The zero-order chi connectivity index (χ0) is 10.8. The third kappa shape index (κ3) is 2.27. The first-order valence-electron chi connectivity index (χ1n) is 4.89. The molecule has 0 saturated carbocycles. The lowest BCUT2D eigenvalue weighted by Crippen LogP contribution is -2.12. The van der Waals surface area contributed by atoms with E-state index in [9.17, 15) is 4.79 Å². The fourth-order valence-electron chi connectivity index (χ4n) is 1.51. The van der Waals surface area contributed by atoms with E-state index in [1.165, 1.54) is 0 Å². The number of carbonyl (C=O) groups excluding carboxylic acids is 1. The van der Waals surface area contributed by atoms with Gasteiger partial charge in [-0.25, -0.2) is 0 Å². The van der Waals surface area contributed by atoms with Crippen LogP contribution in [0.5, 0.6) is 5.75 Å². The molecule has 0 spiro atoms. The van der Waals surface area contributed by atoms with Gasteiger partial charge in [0.1, 0.15) is 12.4 Å². The highest BCUT2D eigenvalue weighted by Crippen LogP contribution is 2.27. The van der Waals surface area contributed by atoms with Crippen LogP contribution in [-0.2, 0) is 11.2 Å². The van der Waals surface area contributed by atoms with Gasteiger partial charge in [0.2, 0.25) is 5.91 Å². The van der Waals surface area contributed by atoms with Gasteiger partial charge in [0.25, 0.3) is 0 Å². The second-order valence-corrected chi connectivity index (χ2v) is 3.70. The first-order chi connectivity index (χ1) is 7.15. The molecule has 4 heteroatoms. The molecule has 1 heterocycles. The van der Waals surface area contributed by atoms with Crippen molar-refractivity contribution >= 4 is 11.6 Å². The minimum atomic E-state index is -0.488. The number of aliphatic hydroxyl groups excluding tert-OH is 1. The Kier molecular flexibility index (Phi) is 2.60. The van der Waals surface area contributed by atoms with Crippen molar-refractivity contribution in [1.82, 2.24) is 0 Å². The van der Waals surface area contributed by atoms with E-state index in [1.54, 1.807) is 13.0 Å². The molecule has 1 aliphatic heterocycles. The zero-order valence-electron chi connectivity index (χ0n) is 8.49. The van der Waals surface area contributed by atoms with E-state index >= 15 is 0 Å². The molecule has 1 unspecified atom stereocenters. The van der Waals surface area contributed by atoms with Crippen LogP contribution in [0.3, 0.4) is 0 Å². The normalized spacial score (nSPS) is 15.7. The molecule has 0 aromatic heterocycles. The summed E-state index contributed by atoms with van der Waals surface area (Å²) in [6.07, 6.45) is -0.0840. The largest absolute Gasteiger partial charge is 0.491 e. The van der Waals surface area contributed by atoms with Crippen LogP contribution in [0.15, 0.2) is 18.2 Å². The van der Waals surface area contributed by atoms with Crippen molar-refractivity contribution in [3.05, 3.63) is 23.8 Å². The van der Waals surface area contributed by atoms with E-state index in [4.69, 9.17) is 9.84 Å². The highest BCUT2D eigenvalue weighted by molar-refractivity contribution is 5.99. The Labute approximate surface area is 87.9 Å². The number of nitrogens with one attached hydrogen (secondary N) is 1. The Hall–Kier alpha value is -1.55. The van der Waals surface area contributed by atoms with Crippen LogP contribution in [0.25, 0.3) is 0 Å². The lowest BCUT2D eigenvalue weighted by molar-refractivity contribution is -0.115. The molecule has 1 aromatic carbocycles. The van der Waals surface area contributed by atoms with Gasteiger partial charge in [0.05, 0.1) is 12.5 Å².